The second-order valence-corrected chi connectivity index (χ2v) is 6.83. The van der Waals surface area contributed by atoms with Crippen LogP contribution in [0.15, 0.2) is 22.7 Å². The second kappa shape index (κ2) is 4.73. The highest BCUT2D eigenvalue weighted by Crippen LogP contribution is 2.55. The highest BCUT2D eigenvalue weighted by molar-refractivity contribution is 9.10. The SMILES string of the molecule is COc1cc(Br)c2c3c1OC1C[C@@H](O)C=CC31CNCC2. The Labute approximate surface area is 132 Å². The minimum atomic E-state index is -0.434. The zero-order valence-corrected chi connectivity index (χ0v) is 13.4. The van der Waals surface area contributed by atoms with E-state index in [9.17, 15) is 5.11 Å². The molecule has 1 aromatic rings. The molecule has 0 aromatic heterocycles. The van der Waals surface area contributed by atoms with Crippen molar-refractivity contribution in [2.75, 3.05) is 20.2 Å². The van der Waals surface area contributed by atoms with Crippen molar-refractivity contribution in [2.45, 2.75) is 30.5 Å². The molecule has 3 aliphatic rings. The van der Waals surface area contributed by atoms with Gasteiger partial charge in [0.1, 0.15) is 6.10 Å². The Bertz CT molecular complexity index is 630. The van der Waals surface area contributed by atoms with Crippen LogP contribution < -0.4 is 14.8 Å². The second-order valence-electron chi connectivity index (χ2n) is 5.98. The number of ether oxygens (including phenoxy) is 2. The van der Waals surface area contributed by atoms with Crippen LogP contribution in [0, 0.1) is 0 Å². The number of halogens is 1. The van der Waals surface area contributed by atoms with E-state index >= 15 is 0 Å². The molecule has 1 spiro atoms. The number of hydrogen-bond acceptors (Lipinski definition) is 4. The summed E-state index contributed by atoms with van der Waals surface area (Å²) in [6.07, 6.45) is 5.13. The van der Waals surface area contributed by atoms with Crippen molar-refractivity contribution in [1.82, 2.24) is 5.32 Å². The highest BCUT2D eigenvalue weighted by Gasteiger charge is 2.52. The van der Waals surface area contributed by atoms with Gasteiger partial charge in [-0.25, -0.2) is 0 Å². The Kier molecular flexibility index (Phi) is 3.07. The average molecular weight is 352 g/mol. The molecule has 4 rings (SSSR count). The molecule has 1 aromatic carbocycles. The van der Waals surface area contributed by atoms with E-state index in [2.05, 4.69) is 27.3 Å². The number of benzene rings is 1. The van der Waals surface area contributed by atoms with Gasteiger partial charge in [-0.2, -0.15) is 0 Å². The van der Waals surface area contributed by atoms with Crippen LogP contribution in [0.1, 0.15) is 17.5 Å². The van der Waals surface area contributed by atoms with Crippen LogP contribution in [0.3, 0.4) is 0 Å². The molecule has 2 unspecified atom stereocenters. The first kappa shape index (κ1) is 13.6. The monoisotopic (exact) mass is 351 g/mol. The summed E-state index contributed by atoms with van der Waals surface area (Å²) in [5, 5.41) is 13.5. The Morgan fingerprint density at radius 1 is 1.52 bits per heavy atom. The van der Waals surface area contributed by atoms with Crippen molar-refractivity contribution in [3.8, 4) is 11.5 Å². The highest BCUT2D eigenvalue weighted by atomic mass is 79.9. The van der Waals surface area contributed by atoms with Gasteiger partial charge >= 0.3 is 0 Å². The number of hydrogen-bond donors (Lipinski definition) is 2. The lowest BCUT2D eigenvalue weighted by atomic mass is 9.71. The van der Waals surface area contributed by atoms with Crippen molar-refractivity contribution < 1.29 is 14.6 Å². The third kappa shape index (κ3) is 1.81. The van der Waals surface area contributed by atoms with Crippen molar-refractivity contribution in [3.63, 3.8) is 0 Å². The fraction of sp³-hybridized carbons (Fsp3) is 0.500. The van der Waals surface area contributed by atoms with Crippen LogP contribution in [0.5, 0.6) is 11.5 Å². The van der Waals surface area contributed by atoms with Crippen LogP contribution >= 0.6 is 15.9 Å². The Balaban J connectivity index is 2.00. The minimum Gasteiger partial charge on any atom is -0.493 e. The third-order valence-electron chi connectivity index (χ3n) is 4.86. The maximum Gasteiger partial charge on any atom is 0.166 e. The molecule has 2 N–H and O–H groups in total. The number of nitrogens with one attached hydrogen (secondary N) is 1. The number of rotatable bonds is 1. The predicted molar refractivity (Wildman–Crippen MR) is 83.1 cm³/mol. The van der Waals surface area contributed by atoms with Crippen LogP contribution in [-0.4, -0.2) is 37.5 Å². The van der Waals surface area contributed by atoms with Gasteiger partial charge in [0.05, 0.1) is 18.6 Å². The Morgan fingerprint density at radius 3 is 3.19 bits per heavy atom. The molecule has 0 bridgehead atoms. The lowest BCUT2D eigenvalue weighted by molar-refractivity contribution is 0.0878. The summed E-state index contributed by atoms with van der Waals surface area (Å²) in [5.74, 6) is 1.61. The normalized spacial score (nSPS) is 32.9. The van der Waals surface area contributed by atoms with Crippen molar-refractivity contribution in [2.24, 2.45) is 0 Å². The van der Waals surface area contributed by atoms with Crippen LogP contribution in [0.25, 0.3) is 0 Å². The molecule has 0 fully saturated rings. The lowest BCUT2D eigenvalue weighted by Gasteiger charge is -2.35. The molecule has 0 amide bonds. The molecular weight excluding hydrogens is 334 g/mol. The minimum absolute atomic E-state index is 0.0416. The lowest BCUT2D eigenvalue weighted by Crippen LogP contribution is -2.47. The summed E-state index contributed by atoms with van der Waals surface area (Å²) in [6, 6.07) is 1.99. The molecule has 3 atom stereocenters. The zero-order chi connectivity index (χ0) is 14.6. The standard InChI is InChI=1S/C16H18BrNO3/c1-20-12-7-11(17)10-3-5-18-8-16-4-2-9(19)6-13(16)21-15(12)14(10)16/h2,4,7,9,13,18-19H,3,5-6,8H2,1H3/t9-,13?,16?/m0/s1. The molecule has 112 valence electrons. The number of aliphatic hydroxyl groups excluding tert-OH is 1. The number of methoxy groups -OCH3 is 1. The molecule has 21 heavy (non-hydrogen) atoms. The van der Waals surface area contributed by atoms with E-state index < -0.39 is 6.10 Å². The molecule has 2 aliphatic heterocycles. The quantitative estimate of drug-likeness (QED) is 0.759. The largest absolute Gasteiger partial charge is 0.493 e. The fourth-order valence-corrected chi connectivity index (χ4v) is 4.47. The van der Waals surface area contributed by atoms with Gasteiger partial charge in [-0.15, -0.1) is 0 Å². The van der Waals surface area contributed by atoms with E-state index in [4.69, 9.17) is 9.47 Å². The van der Waals surface area contributed by atoms with Gasteiger partial charge in [0, 0.05) is 23.0 Å². The molecule has 5 heteroatoms. The van der Waals surface area contributed by atoms with E-state index in [1.807, 2.05) is 12.1 Å². The topological polar surface area (TPSA) is 50.7 Å². The molecule has 4 nitrogen and oxygen atoms in total. The fourth-order valence-electron chi connectivity index (χ4n) is 3.86. The first-order valence-electron chi connectivity index (χ1n) is 7.30. The van der Waals surface area contributed by atoms with E-state index in [-0.39, 0.29) is 11.5 Å². The van der Waals surface area contributed by atoms with E-state index in [1.165, 1.54) is 11.1 Å². The van der Waals surface area contributed by atoms with Crippen LogP contribution in [0.2, 0.25) is 0 Å². The van der Waals surface area contributed by atoms with Gasteiger partial charge in [-0.3, -0.25) is 0 Å². The van der Waals surface area contributed by atoms with Gasteiger partial charge in [-0.1, -0.05) is 28.1 Å². The first-order valence-corrected chi connectivity index (χ1v) is 8.09. The summed E-state index contributed by atoms with van der Waals surface area (Å²) in [6.45, 7) is 1.78. The summed E-state index contributed by atoms with van der Waals surface area (Å²) in [7, 11) is 1.67. The molecule has 1 aliphatic carbocycles. The van der Waals surface area contributed by atoms with E-state index in [0.29, 0.717) is 6.42 Å². The number of aliphatic hydroxyl groups is 1. The molecule has 0 saturated heterocycles. The third-order valence-corrected chi connectivity index (χ3v) is 5.57. The smallest absolute Gasteiger partial charge is 0.166 e. The Morgan fingerprint density at radius 2 is 2.38 bits per heavy atom. The van der Waals surface area contributed by atoms with E-state index in [0.717, 1.165) is 35.5 Å². The van der Waals surface area contributed by atoms with Crippen LogP contribution in [0.4, 0.5) is 0 Å². The molecular formula is C16H18BrNO3. The maximum atomic E-state index is 9.96. The predicted octanol–water partition coefficient (Wildman–Crippen LogP) is 1.92. The van der Waals surface area contributed by atoms with Gasteiger partial charge in [0.2, 0.25) is 0 Å². The summed E-state index contributed by atoms with van der Waals surface area (Å²) >= 11 is 3.69. The van der Waals surface area contributed by atoms with Gasteiger partial charge in [0.15, 0.2) is 11.5 Å². The van der Waals surface area contributed by atoms with Gasteiger partial charge < -0.3 is 19.9 Å². The maximum absolute atomic E-state index is 9.96. The van der Waals surface area contributed by atoms with Crippen LogP contribution in [-0.2, 0) is 11.8 Å². The summed E-state index contributed by atoms with van der Waals surface area (Å²) in [4.78, 5) is 0. The zero-order valence-electron chi connectivity index (χ0n) is 11.9. The van der Waals surface area contributed by atoms with Crippen molar-refractivity contribution in [1.29, 1.82) is 0 Å². The van der Waals surface area contributed by atoms with Gasteiger partial charge in [0.25, 0.3) is 0 Å². The molecule has 0 radical (unpaired) electrons. The summed E-state index contributed by atoms with van der Waals surface area (Å²) < 4.78 is 12.8. The average Bonchev–Trinajstić information content (AvgIpc) is 2.67. The molecule has 2 heterocycles. The van der Waals surface area contributed by atoms with Crippen molar-refractivity contribution in [3.05, 3.63) is 33.8 Å². The summed E-state index contributed by atoms with van der Waals surface area (Å²) in [5.41, 5.74) is 2.32. The van der Waals surface area contributed by atoms with E-state index in [1.54, 1.807) is 7.11 Å². The van der Waals surface area contributed by atoms with Gasteiger partial charge in [-0.05, 0) is 24.6 Å². The first-order chi connectivity index (χ1) is 10.2. The molecule has 0 saturated carbocycles. The Hall–Kier alpha value is -1.04. The van der Waals surface area contributed by atoms with Crippen molar-refractivity contribution >= 4 is 15.9 Å².